The van der Waals surface area contributed by atoms with E-state index in [0.717, 1.165) is 36.5 Å². The van der Waals surface area contributed by atoms with E-state index in [-0.39, 0.29) is 6.04 Å². The van der Waals surface area contributed by atoms with Gasteiger partial charge in [0.2, 0.25) is 0 Å². The molecule has 2 nitrogen and oxygen atoms in total. The van der Waals surface area contributed by atoms with Gasteiger partial charge in [-0.25, -0.2) is 0 Å². The van der Waals surface area contributed by atoms with Crippen LogP contribution in [0.5, 0.6) is 0 Å². The van der Waals surface area contributed by atoms with E-state index in [0.29, 0.717) is 4.99 Å². The fraction of sp³-hybridized carbons (Fsp3) is 0.417. The molecule has 16 heavy (non-hydrogen) atoms. The van der Waals surface area contributed by atoms with Crippen LogP contribution in [0.15, 0.2) is 24.3 Å². The van der Waals surface area contributed by atoms with Crippen molar-refractivity contribution in [1.82, 2.24) is 4.90 Å². The highest BCUT2D eigenvalue weighted by Crippen LogP contribution is 2.23. The maximum absolute atomic E-state index is 6.14. The molecular formula is C12H15ClN2S. The third kappa shape index (κ3) is 2.54. The Morgan fingerprint density at radius 3 is 2.94 bits per heavy atom. The van der Waals surface area contributed by atoms with Crippen LogP contribution in [-0.4, -0.2) is 22.5 Å². The molecule has 1 aliphatic heterocycles. The summed E-state index contributed by atoms with van der Waals surface area (Å²) in [4.78, 5) is 2.91. The normalized spacial score (nSPS) is 21.2. The molecule has 1 fully saturated rings. The molecule has 2 N–H and O–H groups in total. The minimum absolute atomic E-state index is 0.242. The molecule has 0 saturated carbocycles. The van der Waals surface area contributed by atoms with Crippen LogP contribution in [0.2, 0.25) is 5.02 Å². The van der Waals surface area contributed by atoms with Crippen molar-refractivity contribution in [3.05, 3.63) is 34.9 Å². The summed E-state index contributed by atoms with van der Waals surface area (Å²) in [5.74, 6) is 0. The number of benzene rings is 1. The molecule has 1 unspecified atom stereocenters. The van der Waals surface area contributed by atoms with Crippen LogP contribution >= 0.6 is 23.8 Å². The highest BCUT2D eigenvalue weighted by Gasteiger charge is 2.26. The molecule has 1 saturated heterocycles. The van der Waals surface area contributed by atoms with E-state index in [9.17, 15) is 0 Å². The van der Waals surface area contributed by atoms with E-state index in [4.69, 9.17) is 29.6 Å². The van der Waals surface area contributed by atoms with Crippen LogP contribution in [0, 0.1) is 0 Å². The first kappa shape index (κ1) is 11.8. The van der Waals surface area contributed by atoms with Gasteiger partial charge >= 0.3 is 0 Å². The Bertz CT molecular complexity index is 394. The van der Waals surface area contributed by atoms with Gasteiger partial charge in [-0.05, 0) is 31.0 Å². The summed E-state index contributed by atoms with van der Waals surface area (Å²) in [5, 5.41) is 0.816. The minimum atomic E-state index is 0.242. The first-order chi connectivity index (χ1) is 7.68. The molecule has 4 heteroatoms. The summed E-state index contributed by atoms with van der Waals surface area (Å²) in [6, 6.07) is 8.17. The molecule has 1 atom stereocenters. The van der Waals surface area contributed by atoms with Crippen molar-refractivity contribution in [3.8, 4) is 0 Å². The van der Waals surface area contributed by atoms with E-state index in [1.165, 1.54) is 0 Å². The van der Waals surface area contributed by atoms with E-state index >= 15 is 0 Å². The lowest BCUT2D eigenvalue weighted by Crippen LogP contribution is -2.38. The third-order valence-corrected chi connectivity index (χ3v) is 3.66. The van der Waals surface area contributed by atoms with Gasteiger partial charge in [0.15, 0.2) is 0 Å². The van der Waals surface area contributed by atoms with Crippen molar-refractivity contribution in [1.29, 1.82) is 0 Å². The average molecular weight is 255 g/mol. The summed E-state index contributed by atoms with van der Waals surface area (Å²) in [5.41, 5.74) is 6.88. The molecule has 0 aromatic heterocycles. The first-order valence-electron chi connectivity index (χ1n) is 5.45. The lowest BCUT2D eigenvalue weighted by molar-refractivity contribution is 0.295. The molecule has 0 radical (unpaired) electrons. The number of rotatable bonds is 3. The molecule has 1 aliphatic rings. The lowest BCUT2D eigenvalue weighted by Gasteiger charge is -2.23. The summed E-state index contributed by atoms with van der Waals surface area (Å²) >= 11 is 11.2. The number of hydrogen-bond donors (Lipinski definition) is 1. The summed E-state index contributed by atoms with van der Waals surface area (Å²) in [6.07, 6.45) is 2.23. The lowest BCUT2D eigenvalue weighted by atomic mass is 10.2. The second-order valence-corrected chi connectivity index (χ2v) is 5.00. The predicted octanol–water partition coefficient (Wildman–Crippen LogP) is 2.59. The molecule has 0 aliphatic carbocycles. The van der Waals surface area contributed by atoms with Gasteiger partial charge in [-0.15, -0.1) is 0 Å². The van der Waals surface area contributed by atoms with Crippen molar-refractivity contribution in [2.75, 3.05) is 6.54 Å². The van der Waals surface area contributed by atoms with Gasteiger partial charge in [-0.2, -0.15) is 0 Å². The zero-order valence-corrected chi connectivity index (χ0v) is 10.6. The standard InChI is InChI=1S/C12H15ClN2S/c13-10-5-2-1-4-9(10)8-15-7-3-6-11(15)12(14)16/h1-2,4-5,11H,3,6-8H2,(H2,14,16). The van der Waals surface area contributed by atoms with Gasteiger partial charge < -0.3 is 5.73 Å². The van der Waals surface area contributed by atoms with Crippen LogP contribution in [-0.2, 0) is 6.54 Å². The van der Waals surface area contributed by atoms with Gasteiger partial charge in [-0.1, -0.05) is 42.0 Å². The second kappa shape index (κ2) is 5.13. The molecule has 0 amide bonds. The quantitative estimate of drug-likeness (QED) is 0.841. The molecule has 1 aromatic carbocycles. The Labute approximate surface area is 106 Å². The van der Waals surface area contributed by atoms with Crippen molar-refractivity contribution < 1.29 is 0 Å². The number of nitrogens with two attached hydrogens (primary N) is 1. The zero-order valence-electron chi connectivity index (χ0n) is 9.03. The molecule has 2 rings (SSSR count). The van der Waals surface area contributed by atoms with Gasteiger partial charge in [0.1, 0.15) is 0 Å². The van der Waals surface area contributed by atoms with E-state index in [1.54, 1.807) is 0 Å². The Morgan fingerprint density at radius 2 is 2.25 bits per heavy atom. The van der Waals surface area contributed by atoms with Crippen molar-refractivity contribution in [2.45, 2.75) is 25.4 Å². The molecule has 0 bridgehead atoms. The number of likely N-dealkylation sites (tertiary alicyclic amines) is 1. The fourth-order valence-corrected chi connectivity index (χ4v) is 2.65. The molecule has 0 spiro atoms. The number of halogens is 1. The van der Waals surface area contributed by atoms with Crippen molar-refractivity contribution >= 4 is 28.8 Å². The van der Waals surface area contributed by atoms with Gasteiger partial charge in [0.25, 0.3) is 0 Å². The number of nitrogens with zero attached hydrogens (tertiary/aromatic N) is 1. The monoisotopic (exact) mass is 254 g/mol. The first-order valence-corrected chi connectivity index (χ1v) is 6.24. The highest BCUT2D eigenvalue weighted by molar-refractivity contribution is 7.80. The maximum atomic E-state index is 6.14. The molecular weight excluding hydrogens is 240 g/mol. The maximum Gasteiger partial charge on any atom is 0.0902 e. The Kier molecular flexibility index (Phi) is 3.79. The third-order valence-electron chi connectivity index (χ3n) is 3.02. The summed E-state index contributed by atoms with van der Waals surface area (Å²) in [6.45, 7) is 1.88. The number of thiocarbonyl (C=S) groups is 1. The van der Waals surface area contributed by atoms with Crippen LogP contribution in [0.4, 0.5) is 0 Å². The van der Waals surface area contributed by atoms with Gasteiger partial charge in [0.05, 0.1) is 11.0 Å². The van der Waals surface area contributed by atoms with Crippen LogP contribution in [0.1, 0.15) is 18.4 Å². The molecule has 1 heterocycles. The Balaban J connectivity index is 2.10. The van der Waals surface area contributed by atoms with E-state index in [1.807, 2.05) is 18.2 Å². The number of hydrogen-bond acceptors (Lipinski definition) is 2. The molecule has 1 aromatic rings. The SMILES string of the molecule is NC(=S)C1CCCN1Cc1ccccc1Cl. The van der Waals surface area contributed by atoms with Crippen LogP contribution in [0.25, 0.3) is 0 Å². The Morgan fingerprint density at radius 1 is 1.50 bits per heavy atom. The summed E-state index contributed by atoms with van der Waals surface area (Å²) in [7, 11) is 0. The van der Waals surface area contributed by atoms with E-state index < -0.39 is 0 Å². The second-order valence-electron chi connectivity index (χ2n) is 4.12. The average Bonchev–Trinajstić information content (AvgIpc) is 2.69. The van der Waals surface area contributed by atoms with Crippen LogP contribution in [0.3, 0.4) is 0 Å². The highest BCUT2D eigenvalue weighted by atomic mass is 35.5. The Hall–Kier alpha value is -0.640. The van der Waals surface area contributed by atoms with Crippen molar-refractivity contribution in [3.63, 3.8) is 0 Å². The largest absolute Gasteiger partial charge is 0.392 e. The topological polar surface area (TPSA) is 29.3 Å². The fourth-order valence-electron chi connectivity index (χ4n) is 2.18. The van der Waals surface area contributed by atoms with Crippen molar-refractivity contribution in [2.24, 2.45) is 5.73 Å². The summed E-state index contributed by atoms with van der Waals surface area (Å²) < 4.78 is 0. The predicted molar refractivity (Wildman–Crippen MR) is 71.7 cm³/mol. The van der Waals surface area contributed by atoms with Gasteiger partial charge in [-0.3, -0.25) is 4.90 Å². The van der Waals surface area contributed by atoms with Gasteiger partial charge in [0, 0.05) is 11.6 Å². The zero-order chi connectivity index (χ0) is 11.5. The van der Waals surface area contributed by atoms with Crippen LogP contribution < -0.4 is 5.73 Å². The van der Waals surface area contributed by atoms with E-state index in [2.05, 4.69) is 11.0 Å². The minimum Gasteiger partial charge on any atom is -0.392 e. The molecule has 86 valence electrons. The smallest absolute Gasteiger partial charge is 0.0902 e.